The number of benzene rings is 1. The Kier molecular flexibility index (Phi) is 7.34. The van der Waals surface area contributed by atoms with Crippen molar-refractivity contribution in [3.05, 3.63) is 72.4 Å². The van der Waals surface area contributed by atoms with Crippen LogP contribution in [0.25, 0.3) is 12.2 Å². The van der Waals surface area contributed by atoms with Gasteiger partial charge in [0, 0.05) is 0 Å². The van der Waals surface area contributed by atoms with E-state index >= 15 is 0 Å². The van der Waals surface area contributed by atoms with Gasteiger partial charge in [-0.05, 0) is 55.4 Å². The first-order valence-electron chi connectivity index (χ1n) is 6.95. The molecule has 1 aromatic rings. The molecule has 0 N–H and O–H groups in total. The first-order chi connectivity index (χ1) is 9.30. The second-order valence-corrected chi connectivity index (χ2v) is 4.57. The molecular formula is C19H24. The smallest absolute Gasteiger partial charge is 0.0244 e. The summed E-state index contributed by atoms with van der Waals surface area (Å²) in [4.78, 5) is 0. The molecule has 0 aliphatic heterocycles. The molecule has 0 saturated heterocycles. The van der Waals surface area contributed by atoms with Gasteiger partial charge in [-0.3, -0.25) is 0 Å². The van der Waals surface area contributed by atoms with Crippen molar-refractivity contribution < 1.29 is 0 Å². The Morgan fingerprint density at radius 2 is 1.42 bits per heavy atom. The van der Waals surface area contributed by atoms with Crippen molar-refractivity contribution in [3.8, 4) is 0 Å². The highest BCUT2D eigenvalue weighted by molar-refractivity contribution is 5.57. The van der Waals surface area contributed by atoms with Crippen LogP contribution in [0.4, 0.5) is 0 Å². The van der Waals surface area contributed by atoms with Crippen molar-refractivity contribution in [3.63, 3.8) is 0 Å². The normalized spacial score (nSPS) is 11.2. The van der Waals surface area contributed by atoms with Crippen LogP contribution in [0.2, 0.25) is 0 Å². The predicted molar refractivity (Wildman–Crippen MR) is 88.1 cm³/mol. The first-order valence-corrected chi connectivity index (χ1v) is 6.95. The molecule has 0 atom stereocenters. The van der Waals surface area contributed by atoms with Crippen molar-refractivity contribution in [1.29, 1.82) is 0 Å². The minimum Gasteiger partial charge on any atom is -0.0985 e. The molecule has 100 valence electrons. The van der Waals surface area contributed by atoms with E-state index in [1.807, 2.05) is 12.2 Å². The van der Waals surface area contributed by atoms with Crippen LogP contribution in [-0.4, -0.2) is 0 Å². The summed E-state index contributed by atoms with van der Waals surface area (Å²) in [5, 5.41) is 0. The summed E-state index contributed by atoms with van der Waals surface area (Å²) in [5.41, 5.74) is 3.69. The first kappa shape index (κ1) is 15.2. The molecule has 0 heterocycles. The summed E-state index contributed by atoms with van der Waals surface area (Å²) >= 11 is 0. The maximum absolute atomic E-state index is 3.83. The zero-order chi connectivity index (χ0) is 13.9. The third-order valence-corrected chi connectivity index (χ3v) is 3.01. The van der Waals surface area contributed by atoms with E-state index in [1.165, 1.54) is 16.7 Å². The average Bonchev–Trinajstić information content (AvgIpc) is 2.45. The SMILES string of the molecule is C=Cc1cc(C=C)cc(CC/C=C/CC/C=C/C)c1. The maximum atomic E-state index is 3.83. The van der Waals surface area contributed by atoms with Gasteiger partial charge in [-0.2, -0.15) is 0 Å². The highest BCUT2D eigenvalue weighted by atomic mass is 14.0. The third-order valence-electron chi connectivity index (χ3n) is 3.01. The van der Waals surface area contributed by atoms with Crippen LogP contribution in [0, 0.1) is 0 Å². The topological polar surface area (TPSA) is 0 Å². The molecule has 19 heavy (non-hydrogen) atoms. The highest BCUT2D eigenvalue weighted by Gasteiger charge is 1.96. The fourth-order valence-electron chi connectivity index (χ4n) is 1.97. The van der Waals surface area contributed by atoms with Gasteiger partial charge in [0.25, 0.3) is 0 Å². The lowest BCUT2D eigenvalue weighted by atomic mass is 10.0. The summed E-state index contributed by atoms with van der Waals surface area (Å²) < 4.78 is 0. The van der Waals surface area contributed by atoms with Crippen molar-refractivity contribution in [2.75, 3.05) is 0 Å². The van der Waals surface area contributed by atoms with Crippen molar-refractivity contribution >= 4 is 12.2 Å². The highest BCUT2D eigenvalue weighted by Crippen LogP contribution is 2.14. The molecule has 0 saturated carbocycles. The van der Waals surface area contributed by atoms with E-state index in [9.17, 15) is 0 Å². The number of aryl methyl sites for hydroxylation is 1. The van der Waals surface area contributed by atoms with Gasteiger partial charge in [-0.15, -0.1) is 0 Å². The molecule has 0 radical (unpaired) electrons. The Morgan fingerprint density at radius 1 is 0.842 bits per heavy atom. The number of hydrogen-bond donors (Lipinski definition) is 0. The summed E-state index contributed by atoms with van der Waals surface area (Å²) in [6, 6.07) is 6.51. The van der Waals surface area contributed by atoms with Gasteiger partial charge >= 0.3 is 0 Å². The zero-order valence-corrected chi connectivity index (χ0v) is 11.9. The average molecular weight is 252 g/mol. The zero-order valence-electron chi connectivity index (χ0n) is 11.9. The van der Waals surface area contributed by atoms with Crippen molar-refractivity contribution in [1.82, 2.24) is 0 Å². The van der Waals surface area contributed by atoms with Crippen LogP contribution >= 0.6 is 0 Å². The van der Waals surface area contributed by atoms with E-state index < -0.39 is 0 Å². The Morgan fingerprint density at radius 3 is 2.00 bits per heavy atom. The number of rotatable bonds is 8. The van der Waals surface area contributed by atoms with E-state index in [-0.39, 0.29) is 0 Å². The van der Waals surface area contributed by atoms with E-state index in [1.54, 1.807) is 0 Å². The van der Waals surface area contributed by atoms with Gasteiger partial charge in [-0.25, -0.2) is 0 Å². The molecule has 0 unspecified atom stereocenters. The minimum atomic E-state index is 1.07. The molecule has 0 fully saturated rings. The van der Waals surface area contributed by atoms with Crippen LogP contribution < -0.4 is 0 Å². The predicted octanol–water partition coefficient (Wildman–Crippen LogP) is 5.82. The molecule has 1 rings (SSSR count). The quantitative estimate of drug-likeness (QED) is 0.404. The number of hydrogen-bond acceptors (Lipinski definition) is 0. The third kappa shape index (κ3) is 6.05. The fraction of sp³-hybridized carbons (Fsp3) is 0.263. The Balaban J connectivity index is 2.48. The molecule has 0 spiro atoms. The largest absolute Gasteiger partial charge is 0.0985 e. The molecule has 0 aliphatic carbocycles. The van der Waals surface area contributed by atoms with Gasteiger partial charge < -0.3 is 0 Å². The lowest BCUT2D eigenvalue weighted by molar-refractivity contribution is 0.975. The Hall–Kier alpha value is -1.82. The number of allylic oxidation sites excluding steroid dienone is 4. The standard InChI is InChI=1S/C19H24/c1-4-7-8-9-10-11-12-13-19-15-17(5-2)14-18(6-3)16-19/h4-7,10-11,14-16H,2-3,8-9,12-13H2,1H3/b7-4+,11-10+. The molecule has 0 heteroatoms. The second kappa shape index (κ2) is 9.16. The molecule has 1 aromatic carbocycles. The number of unbranched alkanes of at least 4 members (excludes halogenated alkanes) is 1. The molecule has 0 aliphatic rings. The Labute approximate surface area is 117 Å². The van der Waals surface area contributed by atoms with Gasteiger partial charge in [0.1, 0.15) is 0 Å². The summed E-state index contributed by atoms with van der Waals surface area (Å²) in [6.07, 6.45) is 17.1. The van der Waals surface area contributed by atoms with E-state index in [0.717, 1.165) is 25.7 Å². The summed E-state index contributed by atoms with van der Waals surface area (Å²) in [6.45, 7) is 9.72. The van der Waals surface area contributed by atoms with Gasteiger partial charge in [0.05, 0.1) is 0 Å². The molecule has 0 amide bonds. The fourth-order valence-corrected chi connectivity index (χ4v) is 1.97. The molecule has 0 nitrogen and oxygen atoms in total. The molecule has 0 aromatic heterocycles. The lowest BCUT2D eigenvalue weighted by Gasteiger charge is -2.04. The van der Waals surface area contributed by atoms with Crippen molar-refractivity contribution in [2.45, 2.75) is 32.6 Å². The molecule has 0 bridgehead atoms. The van der Waals surface area contributed by atoms with Crippen molar-refractivity contribution in [2.24, 2.45) is 0 Å². The van der Waals surface area contributed by atoms with Crippen LogP contribution in [0.1, 0.15) is 42.9 Å². The van der Waals surface area contributed by atoms with E-state index in [0.29, 0.717) is 0 Å². The second-order valence-electron chi connectivity index (χ2n) is 4.57. The van der Waals surface area contributed by atoms with E-state index in [4.69, 9.17) is 0 Å². The summed E-state index contributed by atoms with van der Waals surface area (Å²) in [7, 11) is 0. The monoisotopic (exact) mass is 252 g/mol. The van der Waals surface area contributed by atoms with Crippen LogP contribution in [-0.2, 0) is 6.42 Å². The van der Waals surface area contributed by atoms with Crippen LogP contribution in [0.15, 0.2) is 55.7 Å². The van der Waals surface area contributed by atoms with Gasteiger partial charge in [-0.1, -0.05) is 61.7 Å². The van der Waals surface area contributed by atoms with Crippen LogP contribution in [0.3, 0.4) is 0 Å². The van der Waals surface area contributed by atoms with E-state index in [2.05, 4.69) is 62.6 Å². The molecular weight excluding hydrogens is 228 g/mol. The lowest BCUT2D eigenvalue weighted by Crippen LogP contribution is -1.87. The van der Waals surface area contributed by atoms with Gasteiger partial charge in [0.2, 0.25) is 0 Å². The maximum Gasteiger partial charge on any atom is -0.0244 e. The summed E-state index contributed by atoms with van der Waals surface area (Å²) in [5.74, 6) is 0. The van der Waals surface area contributed by atoms with Crippen LogP contribution in [0.5, 0.6) is 0 Å². The minimum absolute atomic E-state index is 1.07. The van der Waals surface area contributed by atoms with Gasteiger partial charge in [0.15, 0.2) is 0 Å². The Bertz CT molecular complexity index is 435.